The number of hydrogen-bond acceptors (Lipinski definition) is 2. The minimum atomic E-state index is -0.406. The second-order valence-corrected chi connectivity index (χ2v) is 5.90. The molecule has 2 aromatic rings. The molecule has 1 aromatic carbocycles. The van der Waals surface area contributed by atoms with Gasteiger partial charge in [-0.05, 0) is 41.1 Å². The summed E-state index contributed by atoms with van der Waals surface area (Å²) < 4.78 is 14.7. The van der Waals surface area contributed by atoms with Crippen LogP contribution in [0.1, 0.15) is 17.8 Å². The number of anilines is 1. The molecule has 1 N–H and O–H groups in total. The van der Waals surface area contributed by atoms with E-state index in [1.165, 1.54) is 6.07 Å². The second-order valence-electron chi connectivity index (χ2n) is 3.63. The summed E-state index contributed by atoms with van der Waals surface area (Å²) in [5, 5.41) is 5.25. The van der Waals surface area contributed by atoms with E-state index in [2.05, 4.69) is 21.2 Å². The Morgan fingerprint density at radius 1 is 1.47 bits per heavy atom. The maximum absolute atomic E-state index is 13.7. The summed E-state index contributed by atoms with van der Waals surface area (Å²) in [6.45, 7) is 1.98. The first-order chi connectivity index (χ1) is 8.08. The van der Waals surface area contributed by atoms with Gasteiger partial charge in [0.1, 0.15) is 0 Å². The molecule has 90 valence electrons. The topological polar surface area (TPSA) is 12.0 Å². The van der Waals surface area contributed by atoms with Crippen molar-refractivity contribution in [1.29, 1.82) is 0 Å². The Hall–Kier alpha value is -0.580. The van der Waals surface area contributed by atoms with E-state index in [0.29, 0.717) is 5.69 Å². The van der Waals surface area contributed by atoms with Crippen molar-refractivity contribution in [2.75, 3.05) is 5.32 Å². The zero-order valence-corrected chi connectivity index (χ0v) is 12.2. The van der Waals surface area contributed by atoms with Crippen LogP contribution in [-0.2, 0) is 0 Å². The van der Waals surface area contributed by atoms with Gasteiger partial charge in [0.2, 0.25) is 0 Å². The Kier molecular flexibility index (Phi) is 4.07. The largest absolute Gasteiger partial charge is 0.375 e. The van der Waals surface area contributed by atoms with Gasteiger partial charge in [-0.1, -0.05) is 17.7 Å². The molecule has 1 unspecified atom stereocenters. The first kappa shape index (κ1) is 12.9. The Bertz CT molecular complexity index is 529. The van der Waals surface area contributed by atoms with Crippen LogP contribution in [0, 0.1) is 5.82 Å². The predicted octanol–water partition coefficient (Wildman–Crippen LogP) is 5.48. The van der Waals surface area contributed by atoms with Crippen molar-refractivity contribution in [3.63, 3.8) is 0 Å². The molecule has 0 saturated heterocycles. The fourth-order valence-electron chi connectivity index (χ4n) is 1.47. The van der Waals surface area contributed by atoms with Crippen molar-refractivity contribution in [3.05, 3.63) is 49.8 Å². The highest BCUT2D eigenvalue weighted by Crippen LogP contribution is 2.30. The molecular formula is C12H10BrClFNS. The molecule has 17 heavy (non-hydrogen) atoms. The highest BCUT2D eigenvalue weighted by atomic mass is 79.9. The predicted molar refractivity (Wildman–Crippen MR) is 75.5 cm³/mol. The van der Waals surface area contributed by atoms with Crippen LogP contribution in [0.25, 0.3) is 0 Å². The number of thiophene rings is 1. The van der Waals surface area contributed by atoms with E-state index in [-0.39, 0.29) is 11.1 Å². The van der Waals surface area contributed by atoms with Crippen molar-refractivity contribution in [2.45, 2.75) is 13.0 Å². The number of halogens is 3. The van der Waals surface area contributed by atoms with Crippen molar-refractivity contribution < 1.29 is 4.39 Å². The molecule has 1 nitrogen and oxygen atoms in total. The summed E-state index contributed by atoms with van der Waals surface area (Å²) in [6, 6.07) is 7.00. The van der Waals surface area contributed by atoms with Gasteiger partial charge in [0.05, 0.1) is 16.8 Å². The third kappa shape index (κ3) is 3.00. The lowest BCUT2D eigenvalue weighted by molar-refractivity contribution is 0.628. The van der Waals surface area contributed by atoms with Crippen LogP contribution in [0.5, 0.6) is 0 Å². The molecule has 0 radical (unpaired) electrons. The summed E-state index contributed by atoms with van der Waals surface area (Å²) in [7, 11) is 0. The van der Waals surface area contributed by atoms with E-state index in [4.69, 9.17) is 11.6 Å². The zero-order chi connectivity index (χ0) is 12.4. The molecule has 0 amide bonds. The first-order valence-electron chi connectivity index (χ1n) is 5.02. The van der Waals surface area contributed by atoms with E-state index >= 15 is 0 Å². The van der Waals surface area contributed by atoms with Crippen LogP contribution >= 0.6 is 38.9 Å². The van der Waals surface area contributed by atoms with Crippen LogP contribution in [0.4, 0.5) is 10.1 Å². The Balaban J connectivity index is 2.18. The van der Waals surface area contributed by atoms with Crippen LogP contribution in [0.3, 0.4) is 0 Å². The fraction of sp³-hybridized carbons (Fsp3) is 0.167. The molecule has 1 atom stereocenters. The quantitative estimate of drug-likeness (QED) is 0.784. The number of hydrogen-bond donors (Lipinski definition) is 1. The molecule has 0 aliphatic carbocycles. The second kappa shape index (κ2) is 5.38. The number of rotatable bonds is 3. The van der Waals surface area contributed by atoms with Gasteiger partial charge in [-0.3, -0.25) is 0 Å². The van der Waals surface area contributed by atoms with Gasteiger partial charge >= 0.3 is 0 Å². The summed E-state index contributed by atoms with van der Waals surface area (Å²) in [5.41, 5.74) is 0.425. The molecule has 0 bridgehead atoms. The number of benzene rings is 1. The molecule has 0 aliphatic heterocycles. The summed E-state index contributed by atoms with van der Waals surface area (Å²) in [4.78, 5) is 1.14. The maximum atomic E-state index is 13.7. The molecule has 1 aromatic heterocycles. The van der Waals surface area contributed by atoms with Crippen LogP contribution < -0.4 is 5.32 Å². The minimum absolute atomic E-state index is 0.0410. The SMILES string of the molecule is CC(Nc1cccc(Cl)c1F)c1cc(Br)cs1. The third-order valence-electron chi connectivity index (χ3n) is 2.34. The monoisotopic (exact) mass is 333 g/mol. The normalized spacial score (nSPS) is 12.5. The van der Waals surface area contributed by atoms with Crippen molar-refractivity contribution in [1.82, 2.24) is 0 Å². The van der Waals surface area contributed by atoms with Gasteiger partial charge in [-0.25, -0.2) is 4.39 Å². The van der Waals surface area contributed by atoms with E-state index in [0.717, 1.165) is 9.35 Å². The van der Waals surface area contributed by atoms with Gasteiger partial charge in [0.15, 0.2) is 5.82 Å². The molecule has 0 fully saturated rings. The first-order valence-corrected chi connectivity index (χ1v) is 7.07. The summed E-state index contributed by atoms with van der Waals surface area (Å²) in [5.74, 6) is -0.406. The maximum Gasteiger partial charge on any atom is 0.164 e. The average Bonchev–Trinajstić information content (AvgIpc) is 2.72. The Labute approximate surface area is 117 Å². The minimum Gasteiger partial charge on any atom is -0.375 e. The van der Waals surface area contributed by atoms with Gasteiger partial charge in [-0.2, -0.15) is 0 Å². The van der Waals surface area contributed by atoms with E-state index in [1.54, 1.807) is 23.5 Å². The third-order valence-corrected chi connectivity index (χ3v) is 4.51. The summed E-state index contributed by atoms with van der Waals surface area (Å²) >= 11 is 10.7. The number of nitrogens with one attached hydrogen (secondary N) is 1. The highest BCUT2D eigenvalue weighted by molar-refractivity contribution is 9.10. The van der Waals surface area contributed by atoms with Gasteiger partial charge in [-0.15, -0.1) is 11.3 Å². The Morgan fingerprint density at radius 3 is 2.88 bits per heavy atom. The lowest BCUT2D eigenvalue weighted by Crippen LogP contribution is -2.06. The fourth-order valence-corrected chi connectivity index (χ4v) is 3.10. The lowest BCUT2D eigenvalue weighted by Gasteiger charge is -2.14. The molecule has 0 spiro atoms. The van der Waals surface area contributed by atoms with Crippen molar-refractivity contribution in [2.24, 2.45) is 0 Å². The van der Waals surface area contributed by atoms with E-state index < -0.39 is 5.82 Å². The Morgan fingerprint density at radius 2 is 2.24 bits per heavy atom. The van der Waals surface area contributed by atoms with Gasteiger partial charge in [0.25, 0.3) is 0 Å². The average molecular weight is 335 g/mol. The zero-order valence-electron chi connectivity index (χ0n) is 9.01. The van der Waals surface area contributed by atoms with E-state index in [9.17, 15) is 4.39 Å². The highest BCUT2D eigenvalue weighted by Gasteiger charge is 2.11. The summed E-state index contributed by atoms with van der Waals surface area (Å²) in [6.07, 6.45) is 0. The molecular weight excluding hydrogens is 325 g/mol. The molecule has 0 aliphatic rings. The standard InChI is InChI=1S/C12H10BrClFNS/c1-7(11-5-8(13)6-17-11)16-10-4-2-3-9(14)12(10)15/h2-7,16H,1H3. The van der Waals surface area contributed by atoms with Gasteiger partial charge in [0, 0.05) is 14.7 Å². The van der Waals surface area contributed by atoms with Crippen molar-refractivity contribution in [3.8, 4) is 0 Å². The van der Waals surface area contributed by atoms with Crippen LogP contribution in [0.15, 0.2) is 34.1 Å². The van der Waals surface area contributed by atoms with Crippen LogP contribution in [-0.4, -0.2) is 0 Å². The van der Waals surface area contributed by atoms with Crippen LogP contribution in [0.2, 0.25) is 5.02 Å². The van der Waals surface area contributed by atoms with Crippen molar-refractivity contribution >= 4 is 44.6 Å². The molecule has 0 saturated carbocycles. The molecule has 2 rings (SSSR count). The van der Waals surface area contributed by atoms with Gasteiger partial charge < -0.3 is 5.32 Å². The lowest BCUT2D eigenvalue weighted by atomic mass is 10.2. The molecule has 5 heteroatoms. The molecule has 1 heterocycles. The van der Waals surface area contributed by atoms with E-state index in [1.807, 2.05) is 18.4 Å². The smallest absolute Gasteiger partial charge is 0.164 e.